The lowest BCUT2D eigenvalue weighted by molar-refractivity contribution is 0.532. The largest absolute Gasteiger partial charge is 0.306 e. The number of rotatable bonds is 2. The molecule has 0 saturated carbocycles. The monoisotopic (exact) mass is 218 g/mol. The fourth-order valence-corrected chi connectivity index (χ4v) is 1.46. The van der Waals surface area contributed by atoms with Gasteiger partial charge in [0.1, 0.15) is 5.82 Å². The van der Waals surface area contributed by atoms with Crippen molar-refractivity contribution in [2.75, 3.05) is 0 Å². The second-order valence-electron chi connectivity index (χ2n) is 4.04. The third-order valence-corrected chi connectivity index (χ3v) is 2.27. The van der Waals surface area contributed by atoms with Crippen LogP contribution in [0.5, 0.6) is 0 Å². The van der Waals surface area contributed by atoms with Crippen molar-refractivity contribution in [1.29, 1.82) is 0 Å². The van der Waals surface area contributed by atoms with Crippen molar-refractivity contribution >= 4 is 0 Å². The molecule has 1 N–H and O–H groups in total. The molecule has 0 unspecified atom stereocenters. The van der Waals surface area contributed by atoms with Crippen LogP contribution < -0.4 is 5.56 Å². The van der Waals surface area contributed by atoms with Gasteiger partial charge in [0.2, 0.25) is 0 Å². The standard InChI is InChI=1S/C11H14N4O/c1-7(2)15-6-9(5-12-15)11-13-8(3)4-10(16)14-11/h4-7H,1-3H3,(H,13,14,16). The summed E-state index contributed by atoms with van der Waals surface area (Å²) >= 11 is 0. The lowest BCUT2D eigenvalue weighted by Crippen LogP contribution is -2.08. The Hall–Kier alpha value is -1.91. The zero-order chi connectivity index (χ0) is 11.7. The van der Waals surface area contributed by atoms with E-state index >= 15 is 0 Å². The van der Waals surface area contributed by atoms with Crippen LogP contribution in [0.15, 0.2) is 23.3 Å². The number of aromatic nitrogens is 4. The molecule has 16 heavy (non-hydrogen) atoms. The highest BCUT2D eigenvalue weighted by molar-refractivity contribution is 5.51. The molecule has 84 valence electrons. The average molecular weight is 218 g/mol. The molecule has 5 heteroatoms. The molecule has 0 atom stereocenters. The molecular formula is C11H14N4O. The SMILES string of the molecule is Cc1cc(=O)[nH]c(-c2cnn(C(C)C)c2)n1. The second kappa shape index (κ2) is 3.92. The first-order valence-electron chi connectivity index (χ1n) is 5.19. The summed E-state index contributed by atoms with van der Waals surface area (Å²) in [6, 6.07) is 1.77. The van der Waals surface area contributed by atoms with Gasteiger partial charge in [0.25, 0.3) is 5.56 Å². The lowest BCUT2D eigenvalue weighted by atomic mass is 10.3. The Balaban J connectivity index is 2.46. The molecule has 2 aromatic rings. The molecule has 0 radical (unpaired) electrons. The highest BCUT2D eigenvalue weighted by Crippen LogP contribution is 2.14. The fourth-order valence-electron chi connectivity index (χ4n) is 1.46. The van der Waals surface area contributed by atoms with Crippen LogP contribution >= 0.6 is 0 Å². The van der Waals surface area contributed by atoms with Crippen LogP contribution in [0.3, 0.4) is 0 Å². The second-order valence-corrected chi connectivity index (χ2v) is 4.04. The molecule has 0 spiro atoms. The van der Waals surface area contributed by atoms with Gasteiger partial charge in [-0.2, -0.15) is 5.10 Å². The quantitative estimate of drug-likeness (QED) is 0.831. The Labute approximate surface area is 93.2 Å². The van der Waals surface area contributed by atoms with Gasteiger partial charge >= 0.3 is 0 Å². The van der Waals surface area contributed by atoms with Gasteiger partial charge in [-0.1, -0.05) is 0 Å². The van der Waals surface area contributed by atoms with E-state index in [1.165, 1.54) is 6.07 Å². The van der Waals surface area contributed by atoms with Crippen LogP contribution in [-0.2, 0) is 0 Å². The third kappa shape index (κ3) is 2.03. The number of hydrogen-bond donors (Lipinski definition) is 1. The molecule has 0 bridgehead atoms. The van der Waals surface area contributed by atoms with Crippen molar-refractivity contribution < 1.29 is 0 Å². The summed E-state index contributed by atoms with van der Waals surface area (Å²) in [7, 11) is 0. The van der Waals surface area contributed by atoms with Crippen molar-refractivity contribution in [1.82, 2.24) is 19.7 Å². The van der Waals surface area contributed by atoms with Crippen LogP contribution in [0.2, 0.25) is 0 Å². The maximum absolute atomic E-state index is 11.3. The minimum Gasteiger partial charge on any atom is -0.306 e. The van der Waals surface area contributed by atoms with Crippen LogP contribution in [0, 0.1) is 6.92 Å². The molecule has 5 nitrogen and oxygen atoms in total. The summed E-state index contributed by atoms with van der Waals surface area (Å²) in [5, 5.41) is 4.21. The molecule has 2 aromatic heterocycles. The number of hydrogen-bond acceptors (Lipinski definition) is 3. The molecule has 0 aromatic carbocycles. The van der Waals surface area contributed by atoms with Gasteiger partial charge in [-0.15, -0.1) is 0 Å². The maximum atomic E-state index is 11.3. The van der Waals surface area contributed by atoms with Gasteiger partial charge in [-0.05, 0) is 20.8 Å². The fraction of sp³-hybridized carbons (Fsp3) is 0.364. The van der Waals surface area contributed by atoms with Crippen LogP contribution in [0.4, 0.5) is 0 Å². The van der Waals surface area contributed by atoms with Crippen LogP contribution in [0.1, 0.15) is 25.6 Å². The predicted octanol–water partition coefficient (Wildman–Crippen LogP) is 1.52. The van der Waals surface area contributed by atoms with E-state index in [4.69, 9.17) is 0 Å². The van der Waals surface area contributed by atoms with E-state index in [1.54, 1.807) is 13.1 Å². The summed E-state index contributed by atoms with van der Waals surface area (Å²) in [5.74, 6) is 0.567. The highest BCUT2D eigenvalue weighted by atomic mass is 16.1. The van der Waals surface area contributed by atoms with Gasteiger partial charge in [0, 0.05) is 24.0 Å². The Bertz CT molecular complexity index is 553. The Morgan fingerprint density at radius 3 is 2.75 bits per heavy atom. The van der Waals surface area contributed by atoms with E-state index in [0.717, 1.165) is 5.56 Å². The number of nitrogens with zero attached hydrogens (tertiary/aromatic N) is 3. The Kier molecular flexibility index (Phi) is 2.60. The van der Waals surface area contributed by atoms with Gasteiger partial charge < -0.3 is 4.98 Å². The molecule has 0 aliphatic rings. The summed E-state index contributed by atoms with van der Waals surface area (Å²) < 4.78 is 1.83. The molecule has 0 amide bonds. The zero-order valence-corrected chi connectivity index (χ0v) is 9.56. The van der Waals surface area contributed by atoms with E-state index in [-0.39, 0.29) is 5.56 Å². The summed E-state index contributed by atoms with van der Waals surface area (Å²) in [4.78, 5) is 18.3. The number of H-pyrrole nitrogens is 1. The first kappa shape index (κ1) is 10.6. The van der Waals surface area contributed by atoms with E-state index in [9.17, 15) is 4.79 Å². The molecular weight excluding hydrogens is 204 g/mol. The maximum Gasteiger partial charge on any atom is 0.251 e. The topological polar surface area (TPSA) is 63.6 Å². The molecule has 0 saturated heterocycles. The normalized spacial score (nSPS) is 11.0. The molecule has 0 fully saturated rings. The summed E-state index contributed by atoms with van der Waals surface area (Å²) in [6.45, 7) is 5.89. The van der Waals surface area contributed by atoms with E-state index in [2.05, 4.69) is 15.1 Å². The number of aryl methyl sites for hydroxylation is 1. The minimum atomic E-state index is -0.139. The van der Waals surface area contributed by atoms with Gasteiger partial charge in [-0.25, -0.2) is 4.98 Å². The van der Waals surface area contributed by atoms with Gasteiger partial charge in [-0.3, -0.25) is 9.48 Å². The first-order valence-corrected chi connectivity index (χ1v) is 5.19. The molecule has 2 heterocycles. The van der Waals surface area contributed by atoms with Crippen molar-refractivity contribution in [3.8, 4) is 11.4 Å². The van der Waals surface area contributed by atoms with Crippen LogP contribution in [-0.4, -0.2) is 19.7 Å². The first-order chi connectivity index (χ1) is 7.56. The van der Waals surface area contributed by atoms with E-state index < -0.39 is 0 Å². The van der Waals surface area contributed by atoms with Crippen molar-refractivity contribution in [2.45, 2.75) is 26.8 Å². The summed E-state index contributed by atoms with van der Waals surface area (Å²) in [6.07, 6.45) is 3.58. The molecule has 0 aliphatic heterocycles. The lowest BCUT2D eigenvalue weighted by Gasteiger charge is -2.03. The van der Waals surface area contributed by atoms with Crippen molar-refractivity contribution in [3.63, 3.8) is 0 Å². The molecule has 0 aliphatic carbocycles. The van der Waals surface area contributed by atoms with Crippen molar-refractivity contribution in [3.05, 3.63) is 34.5 Å². The Morgan fingerprint density at radius 2 is 2.19 bits per heavy atom. The van der Waals surface area contributed by atoms with E-state index in [0.29, 0.717) is 17.6 Å². The van der Waals surface area contributed by atoms with Crippen molar-refractivity contribution in [2.24, 2.45) is 0 Å². The predicted molar refractivity (Wildman–Crippen MR) is 61.2 cm³/mol. The van der Waals surface area contributed by atoms with E-state index in [1.807, 2.05) is 24.7 Å². The summed E-state index contributed by atoms with van der Waals surface area (Å²) in [5.41, 5.74) is 1.39. The zero-order valence-electron chi connectivity index (χ0n) is 9.56. The van der Waals surface area contributed by atoms with Gasteiger partial charge in [0.05, 0.1) is 11.8 Å². The number of aromatic amines is 1. The third-order valence-electron chi connectivity index (χ3n) is 2.27. The molecule has 2 rings (SSSR count). The van der Waals surface area contributed by atoms with Gasteiger partial charge in [0.15, 0.2) is 0 Å². The highest BCUT2D eigenvalue weighted by Gasteiger charge is 2.06. The van der Waals surface area contributed by atoms with Crippen LogP contribution in [0.25, 0.3) is 11.4 Å². The smallest absolute Gasteiger partial charge is 0.251 e. The minimum absolute atomic E-state index is 0.139. The number of nitrogens with one attached hydrogen (secondary N) is 1. The Morgan fingerprint density at radius 1 is 1.44 bits per heavy atom. The average Bonchev–Trinajstić information content (AvgIpc) is 2.64.